The monoisotopic (exact) mass is 218 g/mol. The second kappa shape index (κ2) is 2.94. The first kappa shape index (κ1) is 8.69. The van der Waals surface area contributed by atoms with Crippen molar-refractivity contribution in [3.63, 3.8) is 0 Å². The van der Waals surface area contributed by atoms with Gasteiger partial charge in [-0.3, -0.25) is 0 Å². The van der Waals surface area contributed by atoms with Crippen LogP contribution in [0, 0.1) is 0 Å². The molecule has 2 aromatic rings. The zero-order valence-corrected chi connectivity index (χ0v) is 9.41. The molecule has 0 saturated heterocycles. The molecule has 0 bridgehead atoms. The van der Waals surface area contributed by atoms with Crippen LogP contribution in [0.3, 0.4) is 0 Å². The molecule has 0 amide bonds. The van der Waals surface area contributed by atoms with Gasteiger partial charge in [-0.05, 0) is 41.5 Å². The maximum atomic E-state index is 4.49. The van der Waals surface area contributed by atoms with Gasteiger partial charge in [-0.2, -0.15) is 0 Å². The van der Waals surface area contributed by atoms with Gasteiger partial charge in [0.1, 0.15) is 0 Å². The summed E-state index contributed by atoms with van der Waals surface area (Å²) in [6.07, 6.45) is 2.33. The number of aryl methyl sites for hydroxylation is 2. The zero-order valence-electron chi connectivity index (χ0n) is 7.62. The lowest BCUT2D eigenvalue weighted by Gasteiger charge is -2.06. The molecule has 0 spiro atoms. The molecule has 0 N–H and O–H groups in total. The molecular formula is C12H10S2. The lowest BCUT2D eigenvalue weighted by molar-refractivity contribution is 1.02. The van der Waals surface area contributed by atoms with E-state index in [-0.39, 0.29) is 0 Å². The molecule has 2 heteroatoms. The fourth-order valence-electron chi connectivity index (χ4n) is 2.29. The second-order valence-electron chi connectivity index (χ2n) is 3.74. The molecule has 14 heavy (non-hydrogen) atoms. The van der Waals surface area contributed by atoms with Crippen LogP contribution in [-0.2, 0) is 12.8 Å². The molecule has 0 radical (unpaired) electrons. The Morgan fingerprint density at radius 2 is 1.21 bits per heavy atom. The average Bonchev–Trinajstić information content (AvgIpc) is 2.58. The molecule has 0 fully saturated rings. The van der Waals surface area contributed by atoms with Gasteiger partial charge in [0, 0.05) is 15.2 Å². The molecule has 0 nitrogen and oxygen atoms in total. The van der Waals surface area contributed by atoms with E-state index < -0.39 is 0 Å². The van der Waals surface area contributed by atoms with E-state index in [1.54, 1.807) is 0 Å². The first-order valence-corrected chi connectivity index (χ1v) is 5.62. The number of hydrogen-bond acceptors (Lipinski definition) is 2. The van der Waals surface area contributed by atoms with E-state index in [1.165, 1.54) is 21.9 Å². The van der Waals surface area contributed by atoms with Crippen LogP contribution in [0.1, 0.15) is 11.1 Å². The maximum Gasteiger partial charge on any atom is 0.0130 e. The Labute approximate surface area is 94.1 Å². The second-order valence-corrected chi connectivity index (χ2v) is 4.70. The van der Waals surface area contributed by atoms with Gasteiger partial charge in [-0.25, -0.2) is 0 Å². The van der Waals surface area contributed by atoms with Gasteiger partial charge in [-0.1, -0.05) is 12.1 Å². The normalized spacial score (nSPS) is 13.9. The van der Waals surface area contributed by atoms with Crippen LogP contribution in [0.15, 0.2) is 34.1 Å². The highest BCUT2D eigenvalue weighted by molar-refractivity contribution is 7.81. The Kier molecular flexibility index (Phi) is 1.83. The Bertz CT molecular complexity index is 485. The Balaban J connectivity index is 2.60. The topological polar surface area (TPSA) is 0 Å². The quantitative estimate of drug-likeness (QED) is 0.621. The summed E-state index contributed by atoms with van der Waals surface area (Å²) in [5.41, 5.74) is 2.90. The Morgan fingerprint density at radius 1 is 0.714 bits per heavy atom. The lowest BCUT2D eigenvalue weighted by atomic mass is 10.1. The van der Waals surface area contributed by atoms with Crippen LogP contribution in [-0.4, -0.2) is 0 Å². The van der Waals surface area contributed by atoms with Gasteiger partial charge >= 0.3 is 0 Å². The molecule has 0 aromatic heterocycles. The molecule has 0 aliphatic heterocycles. The van der Waals surface area contributed by atoms with Gasteiger partial charge in [0.2, 0.25) is 0 Å². The summed E-state index contributed by atoms with van der Waals surface area (Å²) in [7, 11) is 0. The van der Waals surface area contributed by atoms with Crippen LogP contribution in [0.2, 0.25) is 0 Å². The summed E-state index contributed by atoms with van der Waals surface area (Å²) in [6, 6.07) is 8.54. The number of hydrogen-bond donors (Lipinski definition) is 2. The SMILES string of the molecule is Sc1ccc2c3c(ccc(S)c13)CC2. The van der Waals surface area contributed by atoms with E-state index in [0.29, 0.717) is 0 Å². The van der Waals surface area contributed by atoms with E-state index >= 15 is 0 Å². The average molecular weight is 218 g/mol. The molecule has 3 rings (SSSR count). The third-order valence-electron chi connectivity index (χ3n) is 2.95. The predicted octanol–water partition coefficient (Wildman–Crippen LogP) is 3.52. The van der Waals surface area contributed by atoms with Gasteiger partial charge < -0.3 is 0 Å². The highest BCUT2D eigenvalue weighted by Gasteiger charge is 2.16. The van der Waals surface area contributed by atoms with E-state index in [2.05, 4.69) is 49.5 Å². The number of rotatable bonds is 0. The van der Waals surface area contributed by atoms with Crippen molar-refractivity contribution in [1.82, 2.24) is 0 Å². The Morgan fingerprint density at radius 3 is 1.71 bits per heavy atom. The highest BCUT2D eigenvalue weighted by Crippen LogP contribution is 2.37. The third kappa shape index (κ3) is 1.04. The van der Waals surface area contributed by atoms with Crippen molar-refractivity contribution >= 4 is 36.0 Å². The minimum absolute atomic E-state index is 1.04. The van der Waals surface area contributed by atoms with Crippen LogP contribution >= 0.6 is 25.3 Å². The van der Waals surface area contributed by atoms with Crippen LogP contribution in [0.4, 0.5) is 0 Å². The summed E-state index contributed by atoms with van der Waals surface area (Å²) < 4.78 is 0. The smallest absolute Gasteiger partial charge is 0.0130 e. The van der Waals surface area contributed by atoms with Crippen LogP contribution < -0.4 is 0 Å². The summed E-state index contributed by atoms with van der Waals surface area (Å²) in [6.45, 7) is 0. The van der Waals surface area contributed by atoms with E-state index in [9.17, 15) is 0 Å². The Hall–Kier alpha value is -0.600. The van der Waals surface area contributed by atoms with Crippen molar-refractivity contribution < 1.29 is 0 Å². The fraction of sp³-hybridized carbons (Fsp3) is 0.167. The molecule has 2 aromatic carbocycles. The van der Waals surface area contributed by atoms with Crippen molar-refractivity contribution in [2.75, 3.05) is 0 Å². The molecular weight excluding hydrogens is 208 g/mol. The molecule has 70 valence electrons. The maximum absolute atomic E-state index is 4.49. The largest absolute Gasteiger partial charge is 0.143 e. The van der Waals surface area contributed by atoms with Gasteiger partial charge in [0.25, 0.3) is 0 Å². The van der Waals surface area contributed by atoms with Crippen LogP contribution in [0.5, 0.6) is 0 Å². The zero-order chi connectivity index (χ0) is 9.71. The minimum Gasteiger partial charge on any atom is -0.143 e. The van der Waals surface area contributed by atoms with Crippen molar-refractivity contribution in [2.45, 2.75) is 22.6 Å². The summed E-state index contributed by atoms with van der Waals surface area (Å²) in [5, 5.41) is 2.62. The van der Waals surface area contributed by atoms with Crippen LogP contribution in [0.25, 0.3) is 10.8 Å². The first-order valence-electron chi connectivity index (χ1n) is 4.73. The number of benzene rings is 2. The van der Waals surface area contributed by atoms with E-state index in [4.69, 9.17) is 0 Å². The summed E-state index contributed by atoms with van der Waals surface area (Å²) >= 11 is 8.99. The molecule has 0 atom stereocenters. The van der Waals surface area contributed by atoms with Crippen molar-refractivity contribution in [3.8, 4) is 0 Å². The van der Waals surface area contributed by atoms with Crippen molar-refractivity contribution in [2.24, 2.45) is 0 Å². The van der Waals surface area contributed by atoms with Crippen molar-refractivity contribution in [3.05, 3.63) is 35.4 Å². The standard InChI is InChI=1S/C12H10S2/c13-9-5-3-7-1-2-8-4-6-10(14)12(9)11(7)8/h3-6,13-14H,1-2H2. The van der Waals surface area contributed by atoms with Gasteiger partial charge in [-0.15, -0.1) is 25.3 Å². The minimum atomic E-state index is 1.04. The molecule has 0 unspecified atom stereocenters. The van der Waals surface area contributed by atoms with E-state index in [1.807, 2.05) is 0 Å². The van der Waals surface area contributed by atoms with Crippen molar-refractivity contribution in [1.29, 1.82) is 0 Å². The van der Waals surface area contributed by atoms with Gasteiger partial charge in [0.05, 0.1) is 0 Å². The molecule has 1 aliphatic rings. The molecule has 1 aliphatic carbocycles. The summed E-state index contributed by atoms with van der Waals surface area (Å²) in [5.74, 6) is 0. The third-order valence-corrected chi connectivity index (χ3v) is 3.70. The fourth-order valence-corrected chi connectivity index (χ4v) is 2.99. The molecule has 0 heterocycles. The lowest BCUT2D eigenvalue weighted by Crippen LogP contribution is -1.82. The van der Waals surface area contributed by atoms with E-state index in [0.717, 1.165) is 22.6 Å². The van der Waals surface area contributed by atoms with Gasteiger partial charge in [0.15, 0.2) is 0 Å². The molecule has 0 saturated carbocycles. The summed E-state index contributed by atoms with van der Waals surface area (Å²) in [4.78, 5) is 2.08. The highest BCUT2D eigenvalue weighted by atomic mass is 32.1. The predicted molar refractivity (Wildman–Crippen MR) is 65.9 cm³/mol. The first-order chi connectivity index (χ1) is 6.77. The number of thiol groups is 2.